The molecule has 0 aliphatic carbocycles. The fourth-order valence-corrected chi connectivity index (χ4v) is 5.66. The molecule has 0 aromatic heterocycles. The van der Waals surface area contributed by atoms with Crippen molar-refractivity contribution in [1.82, 2.24) is 4.90 Å². The number of likely N-dealkylation sites (N-methyl/N-ethyl adjacent to an activating group) is 1. The summed E-state index contributed by atoms with van der Waals surface area (Å²) in [6.45, 7) is 20.9. The third-order valence-electron chi connectivity index (χ3n) is 9.75. The zero-order chi connectivity index (χ0) is 37.5. The third kappa shape index (κ3) is 16.9. The number of nitrogens with zero attached hydrogens (tertiary/aromatic N) is 1. The van der Waals surface area contributed by atoms with E-state index in [0.29, 0.717) is 18.4 Å². The molecular weight excluding hydrogens is 638 g/mol. The van der Waals surface area contributed by atoms with Crippen LogP contribution >= 0.6 is 0 Å². The van der Waals surface area contributed by atoms with Gasteiger partial charge in [0.05, 0.1) is 49.1 Å². The Kier molecular flexibility index (Phi) is 24.9. The van der Waals surface area contributed by atoms with Gasteiger partial charge in [0.15, 0.2) is 6.29 Å². The molecule has 14 atom stereocenters. The first kappa shape index (κ1) is 50.1. The highest BCUT2D eigenvalue weighted by molar-refractivity contribution is 5.73. The summed E-state index contributed by atoms with van der Waals surface area (Å²) in [4.78, 5) is 14.6. The van der Waals surface area contributed by atoms with Crippen molar-refractivity contribution in [3.05, 3.63) is 0 Å². The Morgan fingerprint density at radius 1 is 1.00 bits per heavy atom. The second-order valence-corrected chi connectivity index (χ2v) is 14.8. The lowest BCUT2D eigenvalue weighted by atomic mass is 9.83. The number of esters is 1. The Balaban J connectivity index is 0. The van der Waals surface area contributed by atoms with Gasteiger partial charge in [0.1, 0.15) is 17.8 Å². The van der Waals surface area contributed by atoms with E-state index in [4.69, 9.17) is 23.7 Å². The summed E-state index contributed by atoms with van der Waals surface area (Å²) in [6, 6.07) is -0.104. The predicted octanol–water partition coefficient (Wildman–Crippen LogP) is 2.55. The molecule has 8 unspecified atom stereocenters. The fraction of sp³-hybridized carbons (Fsp3) is 0.972. The molecule has 13 heteroatoms. The standard InChI is InChI=1S/C25H49NO8.C7H14O2.C4H10O.H2O/c1-10-11-14(2)22(29)25(7,31)18(6)34-23(30)17(5)20(27)15(3)13-32-24-21(28)19(26(8)9)12-16(4)33-24;1-5-3-4-9-6(2)7(5)8;1-4(2)5-3;/h14-22,24,27-29,31H,10-13H2,1-9H3;5-8H,3-4H2,1-2H3;4H,1-3H3;1H2/t14-,15?,16?,17+,18?,19?,20?,21?,22+,24+,25+;5?,6?,7-;;/m01../s1. The third-order valence-corrected chi connectivity index (χ3v) is 9.75. The lowest BCUT2D eigenvalue weighted by Gasteiger charge is -2.41. The summed E-state index contributed by atoms with van der Waals surface area (Å²) in [5.41, 5.74) is -1.63. The molecule has 2 heterocycles. The van der Waals surface area contributed by atoms with Crippen LogP contribution < -0.4 is 0 Å². The Bertz CT molecular complexity index is 852. The molecule has 0 radical (unpaired) electrons. The van der Waals surface area contributed by atoms with Crippen LogP contribution in [0.15, 0.2) is 0 Å². The van der Waals surface area contributed by atoms with Crippen molar-refractivity contribution in [1.29, 1.82) is 0 Å². The zero-order valence-electron chi connectivity index (χ0n) is 33.0. The first-order chi connectivity index (χ1) is 22.1. The van der Waals surface area contributed by atoms with Gasteiger partial charge in [-0.3, -0.25) is 4.79 Å². The van der Waals surface area contributed by atoms with Crippen molar-refractivity contribution in [3.8, 4) is 0 Å². The van der Waals surface area contributed by atoms with Gasteiger partial charge in [0.25, 0.3) is 0 Å². The van der Waals surface area contributed by atoms with E-state index < -0.39 is 54.1 Å². The van der Waals surface area contributed by atoms with Gasteiger partial charge >= 0.3 is 5.97 Å². The van der Waals surface area contributed by atoms with Crippen LogP contribution in [0, 0.1) is 23.7 Å². The van der Waals surface area contributed by atoms with E-state index in [1.54, 1.807) is 21.0 Å². The molecule has 0 aromatic carbocycles. The van der Waals surface area contributed by atoms with Crippen LogP contribution in [0.5, 0.6) is 0 Å². The van der Waals surface area contributed by atoms with Crippen LogP contribution in [-0.4, -0.2) is 143 Å². The lowest BCUT2D eigenvalue weighted by molar-refractivity contribution is -0.258. The first-order valence-electron chi connectivity index (χ1n) is 17.9. The van der Waals surface area contributed by atoms with Crippen molar-refractivity contribution in [2.24, 2.45) is 23.7 Å². The molecule has 2 rings (SSSR count). The number of ether oxygens (including phenoxy) is 5. The van der Waals surface area contributed by atoms with E-state index in [1.807, 2.05) is 60.5 Å². The largest absolute Gasteiger partial charge is 0.459 e. The van der Waals surface area contributed by atoms with Gasteiger partial charge in [-0.2, -0.15) is 0 Å². The number of aliphatic hydroxyl groups excluding tert-OH is 4. The molecule has 2 fully saturated rings. The van der Waals surface area contributed by atoms with E-state index in [9.17, 15) is 30.3 Å². The molecule has 0 bridgehead atoms. The van der Waals surface area contributed by atoms with Crippen molar-refractivity contribution >= 4 is 5.97 Å². The van der Waals surface area contributed by atoms with Crippen LogP contribution in [-0.2, 0) is 28.5 Å². The summed E-state index contributed by atoms with van der Waals surface area (Å²) in [5, 5.41) is 52.0. The number of hydrogen-bond acceptors (Lipinski definition) is 12. The van der Waals surface area contributed by atoms with Gasteiger partial charge < -0.3 is 59.6 Å². The average Bonchev–Trinajstić information content (AvgIpc) is 3.02. The minimum absolute atomic E-state index is 0. The highest BCUT2D eigenvalue weighted by atomic mass is 16.7. The number of carbonyl (C=O) groups is 1. The van der Waals surface area contributed by atoms with E-state index in [1.165, 1.54) is 13.8 Å². The molecule has 0 amide bonds. The molecule has 0 aromatic rings. The minimum atomic E-state index is -1.63. The van der Waals surface area contributed by atoms with Crippen molar-refractivity contribution in [2.45, 2.75) is 169 Å². The van der Waals surface area contributed by atoms with Crippen LogP contribution in [0.3, 0.4) is 0 Å². The topological polar surface area (TPSA) is 199 Å². The van der Waals surface area contributed by atoms with Crippen molar-refractivity contribution < 1.29 is 59.5 Å². The van der Waals surface area contributed by atoms with Gasteiger partial charge in [-0.15, -0.1) is 0 Å². The van der Waals surface area contributed by atoms with Crippen LogP contribution in [0.25, 0.3) is 0 Å². The molecule has 2 aliphatic heterocycles. The van der Waals surface area contributed by atoms with Crippen molar-refractivity contribution in [3.63, 3.8) is 0 Å². The maximum absolute atomic E-state index is 12.7. The van der Waals surface area contributed by atoms with Crippen LogP contribution in [0.2, 0.25) is 0 Å². The number of rotatable bonds is 14. The molecule has 2 aliphatic rings. The summed E-state index contributed by atoms with van der Waals surface area (Å²) in [6.07, 6.45) is -1.39. The Hall–Kier alpha value is -0.970. The quantitative estimate of drug-likeness (QED) is 0.165. The molecule has 49 heavy (non-hydrogen) atoms. The Morgan fingerprint density at radius 3 is 2.00 bits per heavy atom. The second-order valence-electron chi connectivity index (χ2n) is 14.8. The average molecular weight is 714 g/mol. The van der Waals surface area contributed by atoms with Gasteiger partial charge in [-0.05, 0) is 93.7 Å². The molecule has 296 valence electrons. The Labute approximate surface area is 296 Å². The highest BCUT2D eigenvalue weighted by Crippen LogP contribution is 2.28. The van der Waals surface area contributed by atoms with Crippen molar-refractivity contribution in [2.75, 3.05) is 34.4 Å². The summed E-state index contributed by atoms with van der Waals surface area (Å²) < 4.78 is 26.9. The molecule has 13 nitrogen and oxygen atoms in total. The highest BCUT2D eigenvalue weighted by Gasteiger charge is 2.43. The summed E-state index contributed by atoms with van der Waals surface area (Å²) in [7, 11) is 5.49. The molecule has 7 N–H and O–H groups in total. The Morgan fingerprint density at radius 2 is 1.55 bits per heavy atom. The first-order valence-corrected chi connectivity index (χ1v) is 17.9. The predicted molar refractivity (Wildman–Crippen MR) is 190 cm³/mol. The fourth-order valence-electron chi connectivity index (χ4n) is 5.66. The van der Waals surface area contributed by atoms with E-state index in [2.05, 4.69) is 6.92 Å². The van der Waals surface area contributed by atoms with E-state index >= 15 is 0 Å². The van der Waals surface area contributed by atoms with Gasteiger partial charge in [0, 0.05) is 25.7 Å². The molecule has 0 saturated carbocycles. The second kappa shape index (κ2) is 24.3. The maximum Gasteiger partial charge on any atom is 0.311 e. The number of carbonyl (C=O) groups excluding carboxylic acids is 1. The monoisotopic (exact) mass is 714 g/mol. The normalized spacial score (nSPS) is 30.5. The smallest absolute Gasteiger partial charge is 0.311 e. The van der Waals surface area contributed by atoms with Gasteiger partial charge in [0.2, 0.25) is 0 Å². The molecular formula is C36H75NO12. The van der Waals surface area contributed by atoms with Gasteiger partial charge in [-0.25, -0.2) is 0 Å². The lowest BCUT2D eigenvalue weighted by Crippen LogP contribution is -2.54. The number of methoxy groups -OCH3 is 1. The summed E-state index contributed by atoms with van der Waals surface area (Å²) in [5.74, 6) is -1.74. The van der Waals surface area contributed by atoms with Crippen LogP contribution in [0.1, 0.15) is 102 Å². The van der Waals surface area contributed by atoms with E-state index in [-0.39, 0.29) is 42.4 Å². The van der Waals surface area contributed by atoms with Gasteiger partial charge in [-0.1, -0.05) is 34.1 Å². The van der Waals surface area contributed by atoms with Crippen LogP contribution in [0.4, 0.5) is 0 Å². The number of aliphatic hydroxyl groups is 5. The summed E-state index contributed by atoms with van der Waals surface area (Å²) >= 11 is 0. The molecule has 0 spiro atoms. The minimum Gasteiger partial charge on any atom is -0.459 e. The maximum atomic E-state index is 12.7. The zero-order valence-corrected chi connectivity index (χ0v) is 33.0. The molecule has 2 saturated heterocycles. The SMILES string of the molecule is CC1CCOC(C)[C@@H]1O.CCC[C@H](C)[C@@H](O)[C@](C)(O)C(C)OC(=O)[C@H](C)C(O)C(C)CO[C@@H]1OC(C)CC(N(C)C)C1O.COC(C)C.O. The van der Waals surface area contributed by atoms with E-state index in [0.717, 1.165) is 25.9 Å². The number of hydrogen-bond donors (Lipinski definition) is 5.